The minimum Gasteiger partial charge on any atom is -0.494 e. The van der Waals surface area contributed by atoms with Gasteiger partial charge in [-0.25, -0.2) is 4.98 Å². The Labute approximate surface area is 116 Å². The lowest BCUT2D eigenvalue weighted by atomic mass is 10.1. The van der Waals surface area contributed by atoms with Crippen LogP contribution in [-0.4, -0.2) is 22.1 Å². The molecule has 2 aromatic rings. The molecule has 98 valence electrons. The Kier molecular flexibility index (Phi) is 3.06. The number of H-pyrrole nitrogens is 1. The number of nitrogens with one attached hydrogen (secondary N) is 1. The van der Waals surface area contributed by atoms with Gasteiger partial charge in [0.05, 0.1) is 12.8 Å². The van der Waals surface area contributed by atoms with Crippen LogP contribution in [0, 0.1) is 11.6 Å². The van der Waals surface area contributed by atoms with Crippen molar-refractivity contribution < 1.29 is 4.74 Å². The summed E-state index contributed by atoms with van der Waals surface area (Å²) in [5.74, 6) is 2.23. The van der Waals surface area contributed by atoms with E-state index in [0.717, 1.165) is 28.5 Å². The zero-order valence-corrected chi connectivity index (χ0v) is 11.8. The summed E-state index contributed by atoms with van der Waals surface area (Å²) in [4.78, 5) is 12.3. The molecule has 0 unspecified atom stereocenters. The molecule has 0 spiro atoms. The predicted molar refractivity (Wildman–Crippen MR) is 75.9 cm³/mol. The fourth-order valence-corrected chi connectivity index (χ4v) is 2.28. The van der Waals surface area contributed by atoms with Crippen LogP contribution in [0.25, 0.3) is 11.4 Å². The van der Waals surface area contributed by atoms with Gasteiger partial charge in [-0.15, -0.1) is 0 Å². The Morgan fingerprint density at radius 3 is 2.89 bits per heavy atom. The van der Waals surface area contributed by atoms with E-state index in [9.17, 15) is 0 Å². The molecule has 2 heterocycles. The molecule has 0 amide bonds. The van der Waals surface area contributed by atoms with Crippen molar-refractivity contribution in [3.05, 3.63) is 34.4 Å². The standard InChI is InChI=1S/C14H15N3OS/c1-8-11(12-10(18-2)4-3-7-15-12)16-13(9-5-6-9)17-14(8)19/h3-4,7,9H,5-6H2,1-2H3,(H,16,17,19). The summed E-state index contributed by atoms with van der Waals surface area (Å²) in [6.07, 6.45) is 4.12. The van der Waals surface area contributed by atoms with Crippen LogP contribution in [0.15, 0.2) is 18.3 Å². The van der Waals surface area contributed by atoms with Crippen molar-refractivity contribution in [2.24, 2.45) is 0 Å². The average molecular weight is 273 g/mol. The van der Waals surface area contributed by atoms with Crippen LogP contribution in [0.5, 0.6) is 5.75 Å². The second-order valence-electron chi connectivity index (χ2n) is 4.76. The number of methoxy groups -OCH3 is 1. The summed E-state index contributed by atoms with van der Waals surface area (Å²) in [5, 5.41) is 0. The molecule has 19 heavy (non-hydrogen) atoms. The Hall–Kier alpha value is -1.75. The van der Waals surface area contributed by atoms with Gasteiger partial charge in [0, 0.05) is 17.7 Å². The molecule has 2 aromatic heterocycles. The monoisotopic (exact) mass is 273 g/mol. The van der Waals surface area contributed by atoms with Crippen LogP contribution in [-0.2, 0) is 0 Å². The number of pyridine rings is 1. The number of hydrogen-bond donors (Lipinski definition) is 1. The van der Waals surface area contributed by atoms with E-state index in [1.165, 1.54) is 12.8 Å². The summed E-state index contributed by atoms with van der Waals surface area (Å²) < 4.78 is 6.02. The third-order valence-corrected chi connectivity index (χ3v) is 3.76. The summed E-state index contributed by atoms with van der Waals surface area (Å²) in [5.41, 5.74) is 2.65. The Balaban J connectivity index is 2.20. The molecule has 1 fully saturated rings. The van der Waals surface area contributed by atoms with Crippen molar-refractivity contribution >= 4 is 12.2 Å². The highest BCUT2D eigenvalue weighted by atomic mass is 32.1. The van der Waals surface area contributed by atoms with Crippen molar-refractivity contribution in [3.63, 3.8) is 0 Å². The largest absolute Gasteiger partial charge is 0.494 e. The molecular weight excluding hydrogens is 258 g/mol. The zero-order chi connectivity index (χ0) is 13.4. The van der Waals surface area contributed by atoms with E-state index in [0.29, 0.717) is 10.6 Å². The maximum atomic E-state index is 5.37. The molecular formula is C14H15N3OS. The fraction of sp³-hybridized carbons (Fsp3) is 0.357. The van der Waals surface area contributed by atoms with Gasteiger partial charge in [0.2, 0.25) is 0 Å². The molecule has 1 aliphatic carbocycles. The molecule has 0 aliphatic heterocycles. The first-order chi connectivity index (χ1) is 9.20. The SMILES string of the molecule is COc1cccnc1-c1[nH]c(C2CC2)nc(=S)c1C. The molecule has 3 rings (SSSR count). The van der Waals surface area contributed by atoms with Crippen molar-refractivity contribution in [1.29, 1.82) is 0 Å². The summed E-state index contributed by atoms with van der Waals surface area (Å²) in [6.45, 7) is 1.96. The summed E-state index contributed by atoms with van der Waals surface area (Å²) >= 11 is 5.36. The molecule has 4 nitrogen and oxygen atoms in total. The first-order valence-corrected chi connectivity index (χ1v) is 6.71. The third-order valence-electron chi connectivity index (χ3n) is 3.36. The van der Waals surface area contributed by atoms with Crippen LogP contribution >= 0.6 is 12.2 Å². The minimum atomic E-state index is 0.524. The second-order valence-corrected chi connectivity index (χ2v) is 5.14. The van der Waals surface area contributed by atoms with Crippen LogP contribution in [0.4, 0.5) is 0 Å². The Morgan fingerprint density at radius 2 is 2.21 bits per heavy atom. The Morgan fingerprint density at radius 1 is 1.42 bits per heavy atom. The number of aromatic nitrogens is 3. The van der Waals surface area contributed by atoms with Gasteiger partial charge in [0.1, 0.15) is 21.9 Å². The van der Waals surface area contributed by atoms with Gasteiger partial charge in [-0.3, -0.25) is 4.98 Å². The molecule has 0 bridgehead atoms. The van der Waals surface area contributed by atoms with E-state index < -0.39 is 0 Å². The maximum absolute atomic E-state index is 5.37. The summed E-state index contributed by atoms with van der Waals surface area (Å²) in [7, 11) is 1.65. The molecule has 0 atom stereocenters. The first-order valence-electron chi connectivity index (χ1n) is 6.31. The van der Waals surface area contributed by atoms with Crippen molar-refractivity contribution in [1.82, 2.24) is 15.0 Å². The van der Waals surface area contributed by atoms with Gasteiger partial charge < -0.3 is 9.72 Å². The lowest BCUT2D eigenvalue weighted by Crippen LogP contribution is -2.01. The second kappa shape index (κ2) is 4.74. The molecule has 1 N–H and O–H groups in total. The maximum Gasteiger partial charge on any atom is 0.146 e. The molecule has 5 heteroatoms. The van der Waals surface area contributed by atoms with Gasteiger partial charge in [-0.05, 0) is 31.9 Å². The molecule has 0 radical (unpaired) electrons. The van der Waals surface area contributed by atoms with Crippen molar-refractivity contribution in [3.8, 4) is 17.1 Å². The van der Waals surface area contributed by atoms with E-state index in [2.05, 4.69) is 15.0 Å². The van der Waals surface area contributed by atoms with Gasteiger partial charge in [-0.2, -0.15) is 0 Å². The number of ether oxygens (including phenoxy) is 1. The highest BCUT2D eigenvalue weighted by Crippen LogP contribution is 2.39. The van der Waals surface area contributed by atoms with E-state index in [1.54, 1.807) is 13.3 Å². The number of nitrogens with zero attached hydrogens (tertiary/aromatic N) is 2. The predicted octanol–water partition coefficient (Wildman–Crippen LogP) is 3.40. The highest BCUT2D eigenvalue weighted by Gasteiger charge is 2.27. The topological polar surface area (TPSA) is 50.8 Å². The number of rotatable bonds is 3. The van der Waals surface area contributed by atoms with E-state index in [-0.39, 0.29) is 0 Å². The minimum absolute atomic E-state index is 0.524. The smallest absolute Gasteiger partial charge is 0.146 e. The molecule has 0 saturated heterocycles. The van der Waals surface area contributed by atoms with Crippen molar-refractivity contribution in [2.45, 2.75) is 25.7 Å². The lowest BCUT2D eigenvalue weighted by molar-refractivity contribution is 0.414. The number of hydrogen-bond acceptors (Lipinski definition) is 4. The fourth-order valence-electron chi connectivity index (χ4n) is 2.08. The van der Waals surface area contributed by atoms with E-state index >= 15 is 0 Å². The lowest BCUT2D eigenvalue weighted by Gasteiger charge is -2.11. The van der Waals surface area contributed by atoms with E-state index in [4.69, 9.17) is 17.0 Å². The first kappa shape index (κ1) is 12.3. The van der Waals surface area contributed by atoms with E-state index in [1.807, 2.05) is 19.1 Å². The molecule has 1 aliphatic rings. The van der Waals surface area contributed by atoms with Gasteiger partial charge in [0.15, 0.2) is 0 Å². The van der Waals surface area contributed by atoms with Crippen LogP contribution in [0.2, 0.25) is 0 Å². The number of aromatic amines is 1. The summed E-state index contributed by atoms with van der Waals surface area (Å²) in [6, 6.07) is 3.76. The van der Waals surface area contributed by atoms with Gasteiger partial charge in [-0.1, -0.05) is 12.2 Å². The Bertz CT molecular complexity index is 677. The average Bonchev–Trinajstić information content (AvgIpc) is 3.26. The van der Waals surface area contributed by atoms with Crippen molar-refractivity contribution in [2.75, 3.05) is 7.11 Å². The molecule has 1 saturated carbocycles. The quantitative estimate of drug-likeness (QED) is 0.871. The third kappa shape index (κ3) is 2.26. The van der Waals surface area contributed by atoms with Crippen LogP contribution in [0.1, 0.15) is 30.1 Å². The molecule has 0 aromatic carbocycles. The van der Waals surface area contributed by atoms with Crippen LogP contribution < -0.4 is 4.74 Å². The normalized spacial score (nSPS) is 14.4. The highest BCUT2D eigenvalue weighted by molar-refractivity contribution is 7.71. The van der Waals surface area contributed by atoms with Gasteiger partial charge >= 0.3 is 0 Å². The zero-order valence-electron chi connectivity index (χ0n) is 10.9. The van der Waals surface area contributed by atoms with Gasteiger partial charge in [0.25, 0.3) is 0 Å². The van der Waals surface area contributed by atoms with Crippen LogP contribution in [0.3, 0.4) is 0 Å².